The Hall–Kier alpha value is -3.82. The summed E-state index contributed by atoms with van der Waals surface area (Å²) in [5, 5.41) is 8.64. The van der Waals surface area contributed by atoms with Crippen molar-refractivity contribution >= 4 is 21.5 Å². The van der Waals surface area contributed by atoms with Crippen LogP contribution in [0.2, 0.25) is 0 Å². The van der Waals surface area contributed by atoms with Gasteiger partial charge in [0.2, 0.25) is 10.0 Å². The third-order valence-corrected chi connectivity index (χ3v) is 7.50. The lowest BCUT2D eigenvalue weighted by molar-refractivity contribution is 0.0976. The van der Waals surface area contributed by atoms with Gasteiger partial charge >= 0.3 is 0 Å². The number of nitrogens with zero attached hydrogens (tertiary/aromatic N) is 2. The van der Waals surface area contributed by atoms with E-state index in [0.29, 0.717) is 47.5 Å². The summed E-state index contributed by atoms with van der Waals surface area (Å²) >= 11 is 0. The predicted octanol–water partition coefficient (Wildman–Crippen LogP) is 5.58. The molecule has 204 valence electrons. The molecular weight excluding hydrogens is 515 g/mol. The van der Waals surface area contributed by atoms with Crippen molar-refractivity contribution in [1.29, 1.82) is 0 Å². The van der Waals surface area contributed by atoms with E-state index in [1.165, 1.54) is 12.1 Å². The third-order valence-electron chi connectivity index (χ3n) is 6.53. The number of carbonyl (C=O) groups excluding carboxylic acids is 1. The van der Waals surface area contributed by atoms with Gasteiger partial charge in [-0.3, -0.25) is 4.79 Å². The average molecular weight is 549 g/mol. The van der Waals surface area contributed by atoms with Crippen LogP contribution in [0.15, 0.2) is 77.7 Å². The summed E-state index contributed by atoms with van der Waals surface area (Å²) in [4.78, 5) is 18.1. The monoisotopic (exact) mass is 548 g/mol. The number of primary sulfonamides is 1. The number of sulfonamides is 1. The molecule has 1 aromatic heterocycles. The van der Waals surface area contributed by atoms with Crippen LogP contribution in [0, 0.1) is 5.82 Å². The lowest BCUT2D eigenvalue weighted by Crippen LogP contribution is -2.17. The maximum atomic E-state index is 15.5. The van der Waals surface area contributed by atoms with Gasteiger partial charge in [0.1, 0.15) is 17.3 Å². The Morgan fingerprint density at radius 3 is 2.41 bits per heavy atom. The van der Waals surface area contributed by atoms with Gasteiger partial charge in [0.15, 0.2) is 5.78 Å². The van der Waals surface area contributed by atoms with Crippen LogP contribution in [0.25, 0.3) is 11.1 Å². The highest BCUT2D eigenvalue weighted by molar-refractivity contribution is 7.89. The Balaban J connectivity index is 1.64. The lowest BCUT2D eigenvalue weighted by Gasteiger charge is -2.14. The van der Waals surface area contributed by atoms with Gasteiger partial charge in [-0.05, 0) is 42.7 Å². The van der Waals surface area contributed by atoms with Crippen molar-refractivity contribution in [3.8, 4) is 11.1 Å². The minimum atomic E-state index is -3.98. The van der Waals surface area contributed by atoms with Crippen molar-refractivity contribution in [3.63, 3.8) is 0 Å². The molecule has 3 aromatic carbocycles. The quantitative estimate of drug-likeness (QED) is 0.225. The molecule has 0 unspecified atom stereocenters. The minimum Gasteiger partial charge on any atom is -0.385 e. The Bertz CT molecular complexity index is 1570. The topological polar surface area (TPSA) is 107 Å². The zero-order chi connectivity index (χ0) is 28.0. The minimum absolute atomic E-state index is 0.0516. The summed E-state index contributed by atoms with van der Waals surface area (Å²) in [6.07, 6.45) is 2.34. The van der Waals surface area contributed by atoms with Gasteiger partial charge in [-0.2, -0.15) is 0 Å². The van der Waals surface area contributed by atoms with Crippen LogP contribution >= 0.6 is 0 Å². The maximum Gasteiger partial charge on any atom is 0.238 e. The largest absolute Gasteiger partial charge is 0.385 e. The number of ketones is 1. The first kappa shape index (κ1) is 28.2. The zero-order valence-corrected chi connectivity index (χ0v) is 23.0. The molecule has 1 heterocycles. The van der Waals surface area contributed by atoms with E-state index in [1.807, 2.05) is 48.7 Å². The summed E-state index contributed by atoms with van der Waals surface area (Å²) in [6, 6.07) is 20.5. The van der Waals surface area contributed by atoms with Crippen LogP contribution in [-0.2, 0) is 29.4 Å². The van der Waals surface area contributed by atoms with E-state index in [9.17, 15) is 13.2 Å². The molecule has 39 heavy (non-hydrogen) atoms. The fraction of sp³-hybridized carbons (Fsp3) is 0.267. The number of imidazole rings is 1. The van der Waals surface area contributed by atoms with Gasteiger partial charge in [-0.1, -0.05) is 62.4 Å². The predicted molar refractivity (Wildman–Crippen MR) is 152 cm³/mol. The third kappa shape index (κ3) is 6.61. The fourth-order valence-corrected chi connectivity index (χ4v) is 5.42. The number of anilines is 1. The second-order valence-electron chi connectivity index (χ2n) is 9.33. The van der Waals surface area contributed by atoms with Crippen LogP contribution in [0.4, 0.5) is 10.1 Å². The molecule has 0 aliphatic carbocycles. The molecule has 0 atom stereocenters. The average Bonchev–Trinajstić information content (AvgIpc) is 3.27. The maximum absolute atomic E-state index is 15.5. The van der Waals surface area contributed by atoms with Crippen molar-refractivity contribution in [2.24, 2.45) is 5.14 Å². The van der Waals surface area contributed by atoms with E-state index in [4.69, 9.17) is 10.1 Å². The summed E-state index contributed by atoms with van der Waals surface area (Å²) in [5.41, 5.74) is 3.27. The number of nitrogens with one attached hydrogen (secondary N) is 1. The summed E-state index contributed by atoms with van der Waals surface area (Å²) < 4.78 is 41.4. The first-order valence-electron chi connectivity index (χ1n) is 13.0. The first-order valence-corrected chi connectivity index (χ1v) is 14.6. The van der Waals surface area contributed by atoms with Crippen LogP contribution in [-0.4, -0.2) is 30.3 Å². The summed E-state index contributed by atoms with van der Waals surface area (Å²) in [5.74, 6) is 0.191. The van der Waals surface area contributed by atoms with E-state index in [0.717, 1.165) is 17.9 Å². The van der Waals surface area contributed by atoms with Gasteiger partial charge < -0.3 is 9.88 Å². The van der Waals surface area contributed by atoms with Crippen LogP contribution in [0.5, 0.6) is 0 Å². The molecule has 0 saturated carbocycles. The first-order chi connectivity index (χ1) is 18.7. The van der Waals surface area contributed by atoms with Crippen LogP contribution in [0.1, 0.15) is 54.3 Å². The molecule has 4 rings (SSSR count). The number of hydrogen-bond acceptors (Lipinski definition) is 5. The number of hydrogen-bond donors (Lipinski definition) is 2. The molecule has 3 N–H and O–H groups in total. The molecule has 0 fully saturated rings. The highest BCUT2D eigenvalue weighted by atomic mass is 32.2. The number of halogens is 1. The molecule has 0 spiro atoms. The van der Waals surface area contributed by atoms with Gasteiger partial charge in [-0.25, -0.2) is 22.9 Å². The molecule has 0 aliphatic heterocycles. The Morgan fingerprint density at radius 2 is 1.74 bits per heavy atom. The Morgan fingerprint density at radius 1 is 1.03 bits per heavy atom. The number of rotatable bonds is 12. The van der Waals surface area contributed by atoms with Crippen molar-refractivity contribution in [3.05, 3.63) is 101 Å². The van der Waals surface area contributed by atoms with Gasteiger partial charge in [-0.15, -0.1) is 0 Å². The molecular formula is C30H33FN4O3S. The number of aromatic nitrogens is 2. The van der Waals surface area contributed by atoms with Crippen molar-refractivity contribution in [2.75, 3.05) is 11.9 Å². The number of nitrogens with two attached hydrogens (primary N) is 1. The number of Topliss-reactive ketones (excluding diaryl/α,β-unsaturated/α-hetero) is 1. The Labute approximate surface area is 229 Å². The van der Waals surface area contributed by atoms with E-state index in [1.54, 1.807) is 30.3 Å². The molecule has 4 aromatic rings. The summed E-state index contributed by atoms with van der Waals surface area (Å²) in [6.45, 7) is 4.60. The van der Waals surface area contributed by atoms with Gasteiger partial charge in [0.25, 0.3) is 0 Å². The second-order valence-corrected chi connectivity index (χ2v) is 10.9. The molecule has 9 heteroatoms. The highest BCUT2D eigenvalue weighted by Gasteiger charge is 2.23. The molecule has 0 bridgehead atoms. The SMILES string of the molecule is CCCc1nc(CC)c(C(=O)CCNc2ccccc2)n1Cc1ccc(-c2ccccc2S(N)(=O)=O)cc1F. The van der Waals surface area contributed by atoms with Gasteiger partial charge in [0.05, 0.1) is 17.1 Å². The van der Waals surface area contributed by atoms with Gasteiger partial charge in [0, 0.05) is 36.2 Å². The van der Waals surface area contributed by atoms with E-state index < -0.39 is 15.8 Å². The molecule has 0 aliphatic rings. The fourth-order valence-electron chi connectivity index (χ4n) is 4.66. The van der Waals surface area contributed by atoms with Crippen molar-refractivity contribution in [2.45, 2.75) is 51.0 Å². The normalized spacial score (nSPS) is 11.5. The second kappa shape index (κ2) is 12.4. The van der Waals surface area contributed by atoms with Crippen LogP contribution in [0.3, 0.4) is 0 Å². The van der Waals surface area contributed by atoms with Crippen LogP contribution < -0.4 is 10.5 Å². The van der Waals surface area contributed by atoms with Crippen molar-refractivity contribution < 1.29 is 17.6 Å². The van der Waals surface area contributed by atoms with E-state index >= 15 is 4.39 Å². The number of para-hydroxylation sites is 1. The van der Waals surface area contributed by atoms with E-state index in [2.05, 4.69) is 5.32 Å². The molecule has 0 saturated heterocycles. The van der Waals surface area contributed by atoms with E-state index in [-0.39, 0.29) is 23.6 Å². The number of carbonyl (C=O) groups is 1. The lowest BCUT2D eigenvalue weighted by atomic mass is 10.0. The summed E-state index contributed by atoms with van der Waals surface area (Å²) in [7, 11) is -3.98. The Kier molecular flexibility index (Phi) is 8.93. The molecule has 0 radical (unpaired) electrons. The zero-order valence-electron chi connectivity index (χ0n) is 22.2. The molecule has 7 nitrogen and oxygen atoms in total. The highest BCUT2D eigenvalue weighted by Crippen LogP contribution is 2.29. The standard InChI is InChI=1S/C30H33FN4O3S/c1-3-10-29-34-26(4-2)30(27(36)17-18-33-23-11-6-5-7-12-23)35(29)20-22-16-15-21(19-25(22)31)24-13-8-9-14-28(24)39(32,37)38/h5-9,11-16,19,33H,3-4,10,17-18,20H2,1-2H3,(H2,32,37,38). The number of benzene rings is 3. The number of aryl methyl sites for hydroxylation is 2. The smallest absolute Gasteiger partial charge is 0.238 e. The molecule has 0 amide bonds. The van der Waals surface area contributed by atoms with Crippen molar-refractivity contribution in [1.82, 2.24) is 9.55 Å².